The second kappa shape index (κ2) is 5.95. The van der Waals surface area contributed by atoms with Crippen LogP contribution in [-0.2, 0) is 0 Å². The van der Waals surface area contributed by atoms with E-state index in [1.165, 1.54) is 11.0 Å². The van der Waals surface area contributed by atoms with Crippen LogP contribution in [0.5, 0.6) is 0 Å². The summed E-state index contributed by atoms with van der Waals surface area (Å²) >= 11 is 0. The van der Waals surface area contributed by atoms with Crippen LogP contribution in [0.2, 0.25) is 0 Å². The molecule has 2 bridgehead atoms. The Hall–Kier alpha value is -3.14. The van der Waals surface area contributed by atoms with Crippen LogP contribution < -0.4 is 10.6 Å². The summed E-state index contributed by atoms with van der Waals surface area (Å²) in [6, 6.07) is 12.9. The summed E-state index contributed by atoms with van der Waals surface area (Å²) in [6.07, 6.45) is 3.92. The van der Waals surface area contributed by atoms with Gasteiger partial charge in [0.05, 0.1) is 36.5 Å². The Morgan fingerprint density at radius 3 is 2.52 bits per heavy atom. The molecule has 5 atom stereocenters. The number of halogens is 1. The molecule has 1 aromatic rings. The van der Waals surface area contributed by atoms with E-state index in [0.717, 1.165) is 18.4 Å². The molecule has 5 unspecified atom stereocenters. The average molecular weight is 360 g/mol. The second-order valence-electron chi connectivity index (χ2n) is 7.61. The van der Waals surface area contributed by atoms with Crippen molar-refractivity contribution in [2.75, 3.05) is 7.05 Å². The smallest absolute Gasteiger partial charge is 0.191 e. The first-order valence-corrected chi connectivity index (χ1v) is 9.02. The minimum Gasteiger partial charge on any atom is -0.399 e. The summed E-state index contributed by atoms with van der Waals surface area (Å²) in [5.41, 5.74) is 5.76. The molecule has 134 valence electrons. The Balaban J connectivity index is 2.08. The van der Waals surface area contributed by atoms with Crippen molar-refractivity contribution < 1.29 is 9.29 Å². The van der Waals surface area contributed by atoms with Gasteiger partial charge in [0.2, 0.25) is 0 Å². The van der Waals surface area contributed by atoms with Gasteiger partial charge in [0.15, 0.2) is 5.41 Å². The molecule has 2 heterocycles. The van der Waals surface area contributed by atoms with Gasteiger partial charge in [-0.3, -0.25) is 0 Å². The van der Waals surface area contributed by atoms with Crippen LogP contribution in [0.25, 0.3) is 0 Å². The highest BCUT2D eigenvalue weighted by atomic mass is 19.1. The third-order valence-corrected chi connectivity index (χ3v) is 6.65. The first-order valence-electron chi connectivity index (χ1n) is 9.02. The molecule has 2 aliphatic heterocycles. The number of nitrogens with zero attached hydrogens (tertiary/aromatic N) is 3. The Kier molecular flexibility index (Phi) is 3.81. The Bertz CT molecular complexity index is 989. The zero-order valence-corrected chi connectivity index (χ0v) is 14.9. The SMILES string of the molecule is C[NH+]1C2C=C3C(C#N)=C(N)C(C#N)(C#N)C(c4ccccc4F)C3C1CC2. The molecule has 27 heavy (non-hydrogen) atoms. The fraction of sp³-hybridized carbons (Fsp3) is 0.381. The number of nitriles is 3. The fourth-order valence-corrected chi connectivity index (χ4v) is 5.33. The maximum Gasteiger partial charge on any atom is 0.191 e. The van der Waals surface area contributed by atoms with Gasteiger partial charge in [0, 0.05) is 24.7 Å². The van der Waals surface area contributed by atoms with Gasteiger partial charge in [0.25, 0.3) is 0 Å². The minimum atomic E-state index is -1.77. The molecular weight excluding hydrogens is 341 g/mol. The van der Waals surface area contributed by atoms with Gasteiger partial charge in [-0.1, -0.05) is 18.2 Å². The number of hydrogen-bond acceptors (Lipinski definition) is 4. The molecule has 3 N–H and O–H groups in total. The van der Waals surface area contributed by atoms with Crippen LogP contribution in [0.4, 0.5) is 4.39 Å². The van der Waals surface area contributed by atoms with E-state index in [9.17, 15) is 20.2 Å². The van der Waals surface area contributed by atoms with E-state index in [1.807, 2.05) is 0 Å². The molecule has 1 fully saturated rings. The van der Waals surface area contributed by atoms with Gasteiger partial charge in [0.1, 0.15) is 17.9 Å². The lowest BCUT2D eigenvalue weighted by molar-refractivity contribution is -0.916. The van der Waals surface area contributed by atoms with Crippen molar-refractivity contribution in [3.63, 3.8) is 0 Å². The quantitative estimate of drug-likeness (QED) is 0.788. The van der Waals surface area contributed by atoms with E-state index in [1.54, 1.807) is 18.2 Å². The summed E-state index contributed by atoms with van der Waals surface area (Å²) < 4.78 is 14.8. The molecule has 1 aliphatic carbocycles. The lowest BCUT2D eigenvalue weighted by atomic mass is 9.56. The number of allylic oxidation sites excluding steroid dienone is 2. The van der Waals surface area contributed by atoms with E-state index in [4.69, 9.17) is 5.73 Å². The first kappa shape index (κ1) is 17.3. The molecule has 0 aromatic heterocycles. The minimum absolute atomic E-state index is 0.0512. The van der Waals surface area contributed by atoms with Crippen LogP contribution >= 0.6 is 0 Å². The molecular formula is C21H19FN5+. The first-order chi connectivity index (χ1) is 13.0. The van der Waals surface area contributed by atoms with Crippen molar-refractivity contribution in [3.05, 3.63) is 58.6 Å². The number of nitrogens with two attached hydrogens (primary N) is 1. The topological polar surface area (TPSA) is 102 Å². The monoisotopic (exact) mass is 360 g/mol. The molecule has 0 spiro atoms. The van der Waals surface area contributed by atoms with E-state index in [-0.39, 0.29) is 29.3 Å². The lowest BCUT2D eigenvalue weighted by Gasteiger charge is -2.46. The number of quaternary nitrogens is 1. The summed E-state index contributed by atoms with van der Waals surface area (Å²) in [5.74, 6) is -1.51. The van der Waals surface area contributed by atoms with E-state index < -0.39 is 17.2 Å². The average Bonchev–Trinajstić information content (AvgIpc) is 2.91. The third kappa shape index (κ3) is 2.10. The van der Waals surface area contributed by atoms with Crippen molar-refractivity contribution in [2.24, 2.45) is 17.1 Å². The van der Waals surface area contributed by atoms with E-state index in [2.05, 4.69) is 31.3 Å². The van der Waals surface area contributed by atoms with Gasteiger partial charge in [-0.25, -0.2) is 4.39 Å². The second-order valence-corrected chi connectivity index (χ2v) is 7.61. The number of rotatable bonds is 1. The molecule has 0 radical (unpaired) electrons. The number of hydrogen-bond donors (Lipinski definition) is 2. The van der Waals surface area contributed by atoms with E-state index in [0.29, 0.717) is 5.56 Å². The predicted molar refractivity (Wildman–Crippen MR) is 94.9 cm³/mol. The lowest BCUT2D eigenvalue weighted by Crippen LogP contribution is -3.15. The largest absolute Gasteiger partial charge is 0.399 e. The molecule has 4 rings (SSSR count). The number of benzene rings is 1. The van der Waals surface area contributed by atoms with Crippen LogP contribution in [0.3, 0.4) is 0 Å². The Morgan fingerprint density at radius 1 is 1.19 bits per heavy atom. The highest BCUT2D eigenvalue weighted by molar-refractivity contribution is 5.60. The number of likely N-dealkylation sites (N-methyl/N-ethyl adjacent to an activating group) is 1. The third-order valence-electron chi connectivity index (χ3n) is 6.65. The predicted octanol–water partition coefficient (Wildman–Crippen LogP) is 1.29. The van der Waals surface area contributed by atoms with Crippen LogP contribution in [0.1, 0.15) is 24.3 Å². The number of nitrogens with one attached hydrogen (secondary N) is 1. The summed E-state index contributed by atoms with van der Waals surface area (Å²) in [6.45, 7) is 0. The van der Waals surface area contributed by atoms with Crippen molar-refractivity contribution >= 4 is 0 Å². The summed E-state index contributed by atoms with van der Waals surface area (Å²) in [7, 11) is 2.09. The van der Waals surface area contributed by atoms with Crippen LogP contribution in [-0.4, -0.2) is 19.1 Å². The maximum absolute atomic E-state index is 14.8. The van der Waals surface area contributed by atoms with Crippen LogP contribution in [0, 0.1) is 51.1 Å². The molecule has 0 amide bonds. The molecule has 0 saturated carbocycles. The highest BCUT2D eigenvalue weighted by Gasteiger charge is 2.60. The molecule has 1 aromatic carbocycles. The zero-order chi connectivity index (χ0) is 19.3. The van der Waals surface area contributed by atoms with Gasteiger partial charge in [-0.05, 0) is 23.3 Å². The van der Waals surface area contributed by atoms with Gasteiger partial charge in [-0.2, -0.15) is 15.8 Å². The molecule has 5 nitrogen and oxygen atoms in total. The van der Waals surface area contributed by atoms with Gasteiger partial charge < -0.3 is 10.6 Å². The van der Waals surface area contributed by atoms with Crippen molar-refractivity contribution in [1.82, 2.24) is 0 Å². The van der Waals surface area contributed by atoms with Crippen LogP contribution in [0.15, 0.2) is 47.2 Å². The highest BCUT2D eigenvalue weighted by Crippen LogP contribution is 2.56. The molecule has 1 saturated heterocycles. The molecule has 3 aliphatic rings. The Morgan fingerprint density at radius 2 is 1.89 bits per heavy atom. The van der Waals surface area contributed by atoms with Crippen molar-refractivity contribution in [3.8, 4) is 18.2 Å². The van der Waals surface area contributed by atoms with Crippen molar-refractivity contribution in [1.29, 1.82) is 15.8 Å². The molecule has 6 heteroatoms. The summed E-state index contributed by atoms with van der Waals surface area (Å²) in [4.78, 5) is 1.28. The standard InChI is InChI=1S/C21H18FN5/c1-27-12-6-7-17(27)18-14(8-12)15(9-23)20(26)21(10-24,11-25)19(18)13-4-2-3-5-16(13)22/h2-5,8,12,17-19H,6-7,26H2,1H3/p+1. The Labute approximate surface area is 157 Å². The van der Waals surface area contributed by atoms with Gasteiger partial charge in [-0.15, -0.1) is 0 Å². The van der Waals surface area contributed by atoms with Crippen molar-refractivity contribution in [2.45, 2.75) is 30.8 Å². The fourth-order valence-electron chi connectivity index (χ4n) is 5.33. The zero-order valence-electron chi connectivity index (χ0n) is 14.9. The normalized spacial score (nSPS) is 33.3. The van der Waals surface area contributed by atoms with Gasteiger partial charge >= 0.3 is 0 Å². The maximum atomic E-state index is 14.8. The van der Waals surface area contributed by atoms with E-state index >= 15 is 0 Å². The number of fused-ring (bicyclic) bond motifs is 4. The summed E-state index contributed by atoms with van der Waals surface area (Å²) in [5, 5.41) is 29.8.